The Bertz CT molecular complexity index is 777. The molecule has 2 atom stereocenters. The van der Waals surface area contributed by atoms with Crippen LogP contribution < -0.4 is 4.74 Å². The molecule has 2 aromatic rings. The Morgan fingerprint density at radius 1 is 1.33 bits per heavy atom. The van der Waals surface area contributed by atoms with E-state index in [2.05, 4.69) is 10.2 Å². The van der Waals surface area contributed by atoms with E-state index in [1.165, 1.54) is 12.5 Å². The number of fused-ring (bicyclic) bond motifs is 2. The molecule has 4 rings (SSSR count). The molecule has 0 radical (unpaired) electrons. The van der Waals surface area contributed by atoms with Crippen molar-refractivity contribution >= 4 is 5.91 Å². The zero-order valence-corrected chi connectivity index (χ0v) is 13.0. The third-order valence-corrected chi connectivity index (χ3v) is 4.80. The van der Waals surface area contributed by atoms with Crippen molar-refractivity contribution in [3.63, 3.8) is 0 Å². The van der Waals surface area contributed by atoms with Crippen LogP contribution in [0.2, 0.25) is 0 Å². The highest BCUT2D eigenvalue weighted by Crippen LogP contribution is 2.37. The normalized spacial score (nSPS) is 22.2. The van der Waals surface area contributed by atoms with E-state index in [0.717, 1.165) is 31.5 Å². The first-order valence-electron chi connectivity index (χ1n) is 8.03. The van der Waals surface area contributed by atoms with Gasteiger partial charge in [0.15, 0.2) is 17.3 Å². The Labute approximate surface area is 137 Å². The molecule has 1 aliphatic heterocycles. The number of aromatic amines is 1. The van der Waals surface area contributed by atoms with Gasteiger partial charge in [-0.05, 0) is 43.4 Å². The molecule has 2 heterocycles. The third kappa shape index (κ3) is 2.74. The molecule has 1 saturated heterocycles. The molecular formula is C17H17F2N3O2. The van der Waals surface area contributed by atoms with E-state index in [1.807, 2.05) is 4.90 Å². The first kappa shape index (κ1) is 15.1. The molecule has 2 aliphatic rings. The van der Waals surface area contributed by atoms with Crippen molar-refractivity contribution in [2.24, 2.45) is 5.92 Å². The highest BCUT2D eigenvalue weighted by atomic mass is 19.1. The van der Waals surface area contributed by atoms with Gasteiger partial charge in [-0.1, -0.05) is 0 Å². The SMILES string of the molecule is O=C(c1cc(COc2ccc(F)cc2F)[nH]n1)N1CC2CCC1C2. The summed E-state index contributed by atoms with van der Waals surface area (Å²) < 4.78 is 31.7. The number of hydrogen-bond donors (Lipinski definition) is 1. The molecule has 1 N–H and O–H groups in total. The number of ether oxygens (including phenoxy) is 1. The molecule has 126 valence electrons. The maximum Gasteiger partial charge on any atom is 0.274 e. The van der Waals surface area contributed by atoms with Gasteiger partial charge in [-0.2, -0.15) is 5.10 Å². The number of nitrogens with zero attached hydrogens (tertiary/aromatic N) is 2. The highest BCUT2D eigenvalue weighted by molar-refractivity contribution is 5.92. The van der Waals surface area contributed by atoms with Gasteiger partial charge in [0.1, 0.15) is 12.4 Å². The maximum atomic E-state index is 13.5. The number of aromatic nitrogens is 2. The van der Waals surface area contributed by atoms with E-state index >= 15 is 0 Å². The smallest absolute Gasteiger partial charge is 0.274 e. The molecule has 2 bridgehead atoms. The van der Waals surface area contributed by atoms with Crippen molar-refractivity contribution in [3.8, 4) is 5.75 Å². The number of H-pyrrole nitrogens is 1. The van der Waals surface area contributed by atoms with Gasteiger partial charge in [0.2, 0.25) is 0 Å². The van der Waals surface area contributed by atoms with Gasteiger partial charge in [0.25, 0.3) is 5.91 Å². The average molecular weight is 333 g/mol. The lowest BCUT2D eigenvalue weighted by Crippen LogP contribution is -2.37. The summed E-state index contributed by atoms with van der Waals surface area (Å²) in [5, 5.41) is 6.78. The molecule has 1 aromatic carbocycles. The van der Waals surface area contributed by atoms with E-state index in [1.54, 1.807) is 6.07 Å². The monoisotopic (exact) mass is 333 g/mol. The average Bonchev–Trinajstić information content (AvgIpc) is 3.30. The molecule has 5 nitrogen and oxygen atoms in total. The Kier molecular flexibility index (Phi) is 3.70. The van der Waals surface area contributed by atoms with Crippen molar-refractivity contribution < 1.29 is 18.3 Å². The summed E-state index contributed by atoms with van der Waals surface area (Å²) in [4.78, 5) is 14.4. The number of nitrogens with one attached hydrogen (secondary N) is 1. The van der Waals surface area contributed by atoms with Crippen LogP contribution in [-0.2, 0) is 6.61 Å². The standard InChI is InChI=1S/C17H17F2N3O2/c18-11-2-4-16(14(19)6-11)24-9-12-7-15(21-20-12)17(23)22-8-10-1-3-13(22)5-10/h2,4,6-7,10,13H,1,3,5,8-9H2,(H,20,21). The van der Waals surface area contributed by atoms with Crippen LogP contribution >= 0.6 is 0 Å². The zero-order chi connectivity index (χ0) is 16.7. The van der Waals surface area contributed by atoms with Gasteiger partial charge in [-0.25, -0.2) is 8.78 Å². The van der Waals surface area contributed by atoms with Crippen LogP contribution in [0.15, 0.2) is 24.3 Å². The van der Waals surface area contributed by atoms with Gasteiger partial charge in [-0.3, -0.25) is 9.89 Å². The first-order chi connectivity index (χ1) is 11.6. The fraction of sp³-hybridized carbons (Fsp3) is 0.412. The Balaban J connectivity index is 1.40. The summed E-state index contributed by atoms with van der Waals surface area (Å²) >= 11 is 0. The lowest BCUT2D eigenvalue weighted by Gasteiger charge is -2.26. The Hall–Kier alpha value is -2.44. The van der Waals surface area contributed by atoms with Crippen LogP contribution in [0.5, 0.6) is 5.75 Å². The second-order valence-corrected chi connectivity index (χ2v) is 6.43. The number of benzene rings is 1. The number of hydrogen-bond acceptors (Lipinski definition) is 3. The van der Waals surface area contributed by atoms with Crippen molar-refractivity contribution in [1.29, 1.82) is 0 Å². The number of likely N-dealkylation sites (tertiary alicyclic amines) is 1. The van der Waals surface area contributed by atoms with E-state index in [0.29, 0.717) is 23.3 Å². The topological polar surface area (TPSA) is 58.2 Å². The van der Waals surface area contributed by atoms with Crippen LogP contribution in [0.25, 0.3) is 0 Å². The van der Waals surface area contributed by atoms with E-state index in [9.17, 15) is 13.6 Å². The van der Waals surface area contributed by atoms with Gasteiger partial charge in [0, 0.05) is 18.7 Å². The molecule has 7 heteroatoms. The summed E-state index contributed by atoms with van der Waals surface area (Å²) in [6, 6.07) is 5.08. The summed E-state index contributed by atoms with van der Waals surface area (Å²) in [7, 11) is 0. The van der Waals surface area contributed by atoms with Gasteiger partial charge in [-0.15, -0.1) is 0 Å². The third-order valence-electron chi connectivity index (χ3n) is 4.80. The molecule has 1 amide bonds. The number of piperidine rings is 1. The molecule has 1 aromatic heterocycles. The van der Waals surface area contributed by atoms with E-state index < -0.39 is 11.6 Å². The van der Waals surface area contributed by atoms with Crippen molar-refractivity contribution in [2.75, 3.05) is 6.54 Å². The summed E-state index contributed by atoms with van der Waals surface area (Å²) in [6.45, 7) is 0.831. The number of amides is 1. The summed E-state index contributed by atoms with van der Waals surface area (Å²) in [5.74, 6) is -0.913. The lowest BCUT2D eigenvalue weighted by molar-refractivity contribution is 0.0697. The van der Waals surface area contributed by atoms with Crippen molar-refractivity contribution in [2.45, 2.75) is 31.9 Å². The lowest BCUT2D eigenvalue weighted by atomic mass is 10.1. The van der Waals surface area contributed by atoms with Gasteiger partial charge >= 0.3 is 0 Å². The number of halogens is 2. The molecule has 0 spiro atoms. The van der Waals surface area contributed by atoms with Gasteiger partial charge < -0.3 is 9.64 Å². The van der Waals surface area contributed by atoms with Gasteiger partial charge in [0.05, 0.1) is 5.69 Å². The van der Waals surface area contributed by atoms with E-state index in [4.69, 9.17) is 4.74 Å². The van der Waals surface area contributed by atoms with Crippen LogP contribution in [0.1, 0.15) is 35.4 Å². The number of carbonyl (C=O) groups excluding carboxylic acids is 1. The minimum atomic E-state index is -0.765. The first-order valence-corrected chi connectivity index (χ1v) is 8.03. The summed E-state index contributed by atoms with van der Waals surface area (Å²) in [5.41, 5.74) is 0.909. The summed E-state index contributed by atoms with van der Waals surface area (Å²) in [6.07, 6.45) is 3.37. The van der Waals surface area contributed by atoms with Crippen molar-refractivity contribution in [3.05, 3.63) is 47.3 Å². The molecule has 24 heavy (non-hydrogen) atoms. The van der Waals surface area contributed by atoms with Crippen LogP contribution in [-0.4, -0.2) is 33.6 Å². The second kappa shape index (κ2) is 5.89. The minimum absolute atomic E-state index is 0.0227. The predicted octanol–water partition coefficient (Wildman–Crippen LogP) is 2.89. The minimum Gasteiger partial charge on any atom is -0.484 e. The Morgan fingerprint density at radius 2 is 2.21 bits per heavy atom. The fourth-order valence-electron chi connectivity index (χ4n) is 3.61. The van der Waals surface area contributed by atoms with Crippen LogP contribution in [0, 0.1) is 17.6 Å². The number of rotatable bonds is 4. The number of carbonyl (C=O) groups is 1. The van der Waals surface area contributed by atoms with Crippen LogP contribution in [0.3, 0.4) is 0 Å². The predicted molar refractivity (Wildman–Crippen MR) is 81.4 cm³/mol. The molecule has 2 fully saturated rings. The quantitative estimate of drug-likeness (QED) is 0.936. The van der Waals surface area contributed by atoms with Crippen molar-refractivity contribution in [1.82, 2.24) is 15.1 Å². The van der Waals surface area contributed by atoms with E-state index in [-0.39, 0.29) is 18.3 Å². The molecule has 1 aliphatic carbocycles. The molecule has 1 saturated carbocycles. The molecule has 2 unspecified atom stereocenters. The highest BCUT2D eigenvalue weighted by Gasteiger charge is 2.40. The fourth-order valence-corrected chi connectivity index (χ4v) is 3.61. The second-order valence-electron chi connectivity index (χ2n) is 6.43. The largest absolute Gasteiger partial charge is 0.484 e. The zero-order valence-electron chi connectivity index (χ0n) is 13.0. The Morgan fingerprint density at radius 3 is 2.92 bits per heavy atom. The van der Waals surface area contributed by atoms with Crippen LogP contribution in [0.4, 0.5) is 8.78 Å². The maximum absolute atomic E-state index is 13.5. The molecular weight excluding hydrogens is 316 g/mol.